The van der Waals surface area contributed by atoms with Gasteiger partial charge in [0.25, 0.3) is 0 Å². The Balaban J connectivity index is 2.06. The van der Waals surface area contributed by atoms with Crippen molar-refractivity contribution in [3.63, 3.8) is 0 Å². The van der Waals surface area contributed by atoms with Crippen molar-refractivity contribution in [1.29, 1.82) is 0 Å². The van der Waals surface area contributed by atoms with Crippen LogP contribution in [0.15, 0.2) is 54.6 Å². The highest BCUT2D eigenvalue weighted by Gasteiger charge is 2.03. The first-order valence-corrected chi connectivity index (χ1v) is 8.01. The van der Waals surface area contributed by atoms with E-state index in [0.29, 0.717) is 12.2 Å². The summed E-state index contributed by atoms with van der Waals surface area (Å²) < 4.78 is 10.7. The van der Waals surface area contributed by atoms with Crippen LogP contribution >= 0.6 is 15.9 Å². The quantitative estimate of drug-likeness (QED) is 0.418. The van der Waals surface area contributed by atoms with Crippen molar-refractivity contribution < 1.29 is 14.3 Å². The highest BCUT2D eigenvalue weighted by molar-refractivity contribution is 9.09. The molecule has 0 amide bonds. The zero-order valence-electron chi connectivity index (χ0n) is 12.3. The van der Waals surface area contributed by atoms with Crippen molar-refractivity contribution in [2.45, 2.75) is 0 Å². The van der Waals surface area contributed by atoms with Crippen LogP contribution in [0.4, 0.5) is 0 Å². The molecule has 0 aliphatic carbocycles. The normalized spacial score (nSPS) is 10.6. The van der Waals surface area contributed by atoms with Crippen LogP contribution in [-0.2, 0) is 0 Å². The maximum Gasteiger partial charge on any atom is 0.185 e. The van der Waals surface area contributed by atoms with Crippen LogP contribution in [0.2, 0.25) is 0 Å². The summed E-state index contributed by atoms with van der Waals surface area (Å²) in [6.07, 6.45) is 3.31. The van der Waals surface area contributed by atoms with E-state index in [9.17, 15) is 4.79 Å². The van der Waals surface area contributed by atoms with Gasteiger partial charge < -0.3 is 9.47 Å². The first kappa shape index (κ1) is 16.3. The summed E-state index contributed by atoms with van der Waals surface area (Å²) in [7, 11) is 1.61. The molecule has 0 aliphatic heterocycles. The largest absolute Gasteiger partial charge is 0.496 e. The molecule has 0 radical (unpaired) electrons. The summed E-state index contributed by atoms with van der Waals surface area (Å²) in [5.74, 6) is 1.44. The lowest BCUT2D eigenvalue weighted by Gasteiger charge is -2.04. The summed E-state index contributed by atoms with van der Waals surface area (Å²) in [4.78, 5) is 12.2. The predicted molar refractivity (Wildman–Crippen MR) is 92.1 cm³/mol. The molecule has 0 spiro atoms. The molecule has 2 rings (SSSR count). The lowest BCUT2D eigenvalue weighted by atomic mass is 10.1. The lowest BCUT2D eigenvalue weighted by molar-refractivity contribution is 0.104. The van der Waals surface area contributed by atoms with Gasteiger partial charge in [0.1, 0.15) is 11.5 Å². The van der Waals surface area contributed by atoms with Gasteiger partial charge in [-0.05, 0) is 42.5 Å². The van der Waals surface area contributed by atoms with E-state index in [-0.39, 0.29) is 5.78 Å². The lowest BCUT2D eigenvalue weighted by Crippen LogP contribution is -1.99. The number of para-hydroxylation sites is 1. The number of benzene rings is 2. The van der Waals surface area contributed by atoms with E-state index in [1.165, 1.54) is 0 Å². The Hall–Kier alpha value is -2.07. The van der Waals surface area contributed by atoms with Gasteiger partial charge in [0.15, 0.2) is 5.78 Å². The fraction of sp³-hybridized carbons (Fsp3) is 0.167. The number of ether oxygens (including phenoxy) is 2. The second kappa shape index (κ2) is 8.39. The van der Waals surface area contributed by atoms with Crippen molar-refractivity contribution in [3.05, 3.63) is 65.7 Å². The van der Waals surface area contributed by atoms with E-state index < -0.39 is 0 Å². The summed E-state index contributed by atoms with van der Waals surface area (Å²) in [5.41, 5.74) is 1.49. The van der Waals surface area contributed by atoms with Crippen molar-refractivity contribution in [1.82, 2.24) is 0 Å². The highest BCUT2D eigenvalue weighted by atomic mass is 79.9. The summed E-state index contributed by atoms with van der Waals surface area (Å²) in [6, 6.07) is 14.7. The molecule has 3 nitrogen and oxygen atoms in total. The van der Waals surface area contributed by atoms with E-state index in [1.807, 2.05) is 24.3 Å². The van der Waals surface area contributed by atoms with Gasteiger partial charge in [-0.15, -0.1) is 0 Å². The maximum absolute atomic E-state index is 12.2. The molecule has 0 aliphatic rings. The Bertz CT molecular complexity index is 648. The summed E-state index contributed by atoms with van der Waals surface area (Å²) in [6.45, 7) is 0.598. The molecule has 0 fully saturated rings. The third-order valence-electron chi connectivity index (χ3n) is 3.04. The molecule has 0 aromatic heterocycles. The van der Waals surface area contributed by atoms with E-state index in [2.05, 4.69) is 15.9 Å². The number of carbonyl (C=O) groups excluding carboxylic acids is 1. The van der Waals surface area contributed by atoms with Crippen LogP contribution in [0.5, 0.6) is 11.5 Å². The van der Waals surface area contributed by atoms with Gasteiger partial charge in [-0.25, -0.2) is 0 Å². The molecule has 4 heteroatoms. The fourth-order valence-electron chi connectivity index (χ4n) is 1.94. The standard InChI is InChI=1S/C18H17BrO3/c1-21-18-5-3-2-4-15(18)8-11-17(20)14-6-9-16(10-7-14)22-13-12-19/h2-11H,12-13H2,1H3. The molecule has 0 heterocycles. The number of hydrogen-bond donors (Lipinski definition) is 0. The van der Waals surface area contributed by atoms with Crippen LogP contribution < -0.4 is 9.47 Å². The van der Waals surface area contributed by atoms with Gasteiger partial charge in [-0.3, -0.25) is 4.79 Å². The first-order chi connectivity index (χ1) is 10.7. The third kappa shape index (κ3) is 4.46. The summed E-state index contributed by atoms with van der Waals surface area (Å²) in [5, 5.41) is 0.773. The molecular weight excluding hydrogens is 344 g/mol. The number of carbonyl (C=O) groups is 1. The van der Waals surface area contributed by atoms with Gasteiger partial charge in [-0.2, -0.15) is 0 Å². The summed E-state index contributed by atoms with van der Waals surface area (Å²) >= 11 is 3.30. The monoisotopic (exact) mass is 360 g/mol. The first-order valence-electron chi connectivity index (χ1n) is 6.89. The number of alkyl halides is 1. The Morgan fingerprint density at radius 1 is 1.14 bits per heavy atom. The van der Waals surface area contributed by atoms with Crippen molar-refractivity contribution in [2.24, 2.45) is 0 Å². The van der Waals surface area contributed by atoms with Crippen LogP contribution in [-0.4, -0.2) is 24.8 Å². The highest BCUT2D eigenvalue weighted by Crippen LogP contribution is 2.19. The van der Waals surface area contributed by atoms with Gasteiger partial charge in [-0.1, -0.05) is 34.1 Å². The van der Waals surface area contributed by atoms with E-state index in [4.69, 9.17) is 9.47 Å². The molecule has 22 heavy (non-hydrogen) atoms. The van der Waals surface area contributed by atoms with E-state index >= 15 is 0 Å². The Morgan fingerprint density at radius 2 is 1.86 bits per heavy atom. The molecule has 0 saturated heterocycles. The third-order valence-corrected chi connectivity index (χ3v) is 3.36. The number of ketones is 1. The second-order valence-electron chi connectivity index (χ2n) is 4.50. The Labute approximate surface area is 138 Å². The smallest absolute Gasteiger partial charge is 0.185 e. The maximum atomic E-state index is 12.2. The van der Waals surface area contributed by atoms with Crippen LogP contribution in [0, 0.1) is 0 Å². The number of hydrogen-bond acceptors (Lipinski definition) is 3. The van der Waals surface area contributed by atoms with E-state index in [0.717, 1.165) is 22.4 Å². The number of methoxy groups -OCH3 is 1. The topological polar surface area (TPSA) is 35.5 Å². The number of halogens is 1. The van der Waals surface area contributed by atoms with Crippen molar-refractivity contribution >= 4 is 27.8 Å². The van der Waals surface area contributed by atoms with Crippen LogP contribution in [0.25, 0.3) is 6.08 Å². The van der Waals surface area contributed by atoms with Crippen molar-refractivity contribution in [2.75, 3.05) is 19.0 Å². The molecule has 0 bridgehead atoms. The van der Waals surface area contributed by atoms with Gasteiger partial charge in [0.2, 0.25) is 0 Å². The minimum atomic E-state index is -0.0575. The minimum Gasteiger partial charge on any atom is -0.496 e. The Kier molecular flexibility index (Phi) is 6.22. The Morgan fingerprint density at radius 3 is 2.55 bits per heavy atom. The van der Waals surface area contributed by atoms with Gasteiger partial charge >= 0.3 is 0 Å². The van der Waals surface area contributed by atoms with E-state index in [1.54, 1.807) is 43.5 Å². The molecule has 2 aromatic carbocycles. The molecule has 0 N–H and O–H groups in total. The second-order valence-corrected chi connectivity index (χ2v) is 5.29. The molecular formula is C18H17BrO3. The number of rotatable bonds is 7. The van der Waals surface area contributed by atoms with Gasteiger partial charge in [0, 0.05) is 16.5 Å². The fourth-order valence-corrected chi connectivity index (χ4v) is 2.10. The van der Waals surface area contributed by atoms with Crippen LogP contribution in [0.1, 0.15) is 15.9 Å². The minimum absolute atomic E-state index is 0.0575. The molecule has 0 saturated carbocycles. The molecule has 0 atom stereocenters. The molecule has 2 aromatic rings. The SMILES string of the molecule is COc1ccccc1C=CC(=O)c1ccc(OCCBr)cc1. The zero-order chi connectivity index (χ0) is 15.8. The van der Waals surface area contributed by atoms with Crippen LogP contribution in [0.3, 0.4) is 0 Å². The van der Waals surface area contributed by atoms with Gasteiger partial charge in [0.05, 0.1) is 13.7 Å². The average molecular weight is 361 g/mol. The number of allylic oxidation sites excluding steroid dienone is 1. The molecule has 114 valence electrons. The average Bonchev–Trinajstić information content (AvgIpc) is 2.58. The zero-order valence-corrected chi connectivity index (χ0v) is 13.9. The van der Waals surface area contributed by atoms with Crippen molar-refractivity contribution in [3.8, 4) is 11.5 Å². The predicted octanol–water partition coefficient (Wildman–Crippen LogP) is 4.37. The molecule has 0 unspecified atom stereocenters.